The first kappa shape index (κ1) is 22.9. The molecule has 6 heteroatoms. The minimum absolute atomic E-state index is 0. The molecule has 2 heterocycles. The van der Waals surface area contributed by atoms with Gasteiger partial charge < -0.3 is 14.7 Å². The molecule has 1 unspecified atom stereocenters. The Morgan fingerprint density at radius 2 is 1.50 bits per heavy atom. The van der Waals surface area contributed by atoms with Crippen LogP contribution in [0.15, 0.2) is 78.9 Å². The van der Waals surface area contributed by atoms with Crippen LogP contribution >= 0.6 is 24.0 Å². The number of piperidine rings is 1. The van der Waals surface area contributed by atoms with Gasteiger partial charge in [0.05, 0.1) is 17.8 Å². The second-order valence-corrected chi connectivity index (χ2v) is 9.13. The summed E-state index contributed by atoms with van der Waals surface area (Å²) < 4.78 is 6.59. The lowest BCUT2D eigenvalue weighted by atomic mass is 9.83. The number of anilines is 2. The van der Waals surface area contributed by atoms with E-state index in [2.05, 4.69) is 47.1 Å². The molecule has 1 fully saturated rings. The van der Waals surface area contributed by atoms with Crippen LogP contribution in [0.1, 0.15) is 25.3 Å². The van der Waals surface area contributed by atoms with Gasteiger partial charge in [-0.05, 0) is 61.7 Å². The molecule has 0 amide bonds. The number of aliphatic hydroxyl groups is 1. The molecule has 32 heavy (non-hydrogen) atoms. The number of halogens is 2. The molecule has 0 aliphatic carbocycles. The normalized spacial score (nSPS) is 22.4. The number of likely N-dealkylation sites (tertiary alicyclic amines) is 1. The lowest BCUT2D eigenvalue weighted by Gasteiger charge is -2.51. The van der Waals surface area contributed by atoms with E-state index in [0.717, 1.165) is 35.8 Å². The highest BCUT2D eigenvalue weighted by molar-refractivity contribution is 6.30. The van der Waals surface area contributed by atoms with Gasteiger partial charge in [0.2, 0.25) is 0 Å². The molecular weight excluding hydrogens is 443 g/mol. The monoisotopic (exact) mass is 470 g/mol. The first-order valence-corrected chi connectivity index (χ1v) is 11.2. The van der Waals surface area contributed by atoms with Crippen LogP contribution in [0.2, 0.25) is 5.02 Å². The molecule has 2 aliphatic heterocycles. The number of hydrogen-bond donors (Lipinski definition) is 1. The van der Waals surface area contributed by atoms with Crippen molar-refractivity contribution in [3.63, 3.8) is 0 Å². The topological polar surface area (TPSA) is 35.9 Å². The lowest BCUT2D eigenvalue weighted by molar-refractivity contribution is -0.117. The Bertz CT molecular complexity index is 1050. The van der Waals surface area contributed by atoms with Gasteiger partial charge in [0.1, 0.15) is 5.75 Å². The van der Waals surface area contributed by atoms with Gasteiger partial charge in [-0.3, -0.25) is 4.90 Å². The van der Waals surface area contributed by atoms with Crippen molar-refractivity contribution in [2.24, 2.45) is 0 Å². The number of nitrogens with zero attached hydrogens (tertiary/aromatic N) is 2. The molecule has 0 saturated carbocycles. The first-order chi connectivity index (χ1) is 15.0. The van der Waals surface area contributed by atoms with Crippen molar-refractivity contribution in [2.75, 3.05) is 24.5 Å². The minimum atomic E-state index is -0.830. The SMILES string of the molecule is CC1(N2CCC(O)(c3ccc(Cl)cc3)CC2)CN(c2ccccc2)c2ccccc2O1.Cl. The molecule has 2 aliphatic rings. The van der Waals surface area contributed by atoms with Gasteiger partial charge in [-0.2, -0.15) is 0 Å². The molecule has 0 aromatic heterocycles. The molecule has 0 spiro atoms. The molecule has 0 radical (unpaired) electrons. The van der Waals surface area contributed by atoms with Gasteiger partial charge in [0.15, 0.2) is 5.72 Å². The van der Waals surface area contributed by atoms with E-state index in [-0.39, 0.29) is 12.4 Å². The Balaban J connectivity index is 0.00000245. The fourth-order valence-electron chi connectivity index (χ4n) is 4.82. The molecule has 168 valence electrons. The number of para-hydroxylation sites is 3. The van der Waals surface area contributed by atoms with E-state index in [1.165, 1.54) is 0 Å². The second kappa shape index (κ2) is 8.95. The van der Waals surface area contributed by atoms with Crippen LogP contribution in [0.3, 0.4) is 0 Å². The van der Waals surface area contributed by atoms with E-state index in [1.54, 1.807) is 0 Å². The van der Waals surface area contributed by atoms with Gasteiger partial charge in [0.25, 0.3) is 0 Å². The average Bonchev–Trinajstić information content (AvgIpc) is 2.80. The lowest BCUT2D eigenvalue weighted by Crippen LogP contribution is -2.62. The van der Waals surface area contributed by atoms with Crippen LogP contribution < -0.4 is 9.64 Å². The predicted octanol–water partition coefficient (Wildman–Crippen LogP) is 5.99. The van der Waals surface area contributed by atoms with Gasteiger partial charge in [-0.15, -0.1) is 12.4 Å². The van der Waals surface area contributed by atoms with Gasteiger partial charge >= 0.3 is 0 Å². The molecule has 5 rings (SSSR count). The first-order valence-electron chi connectivity index (χ1n) is 10.8. The highest BCUT2D eigenvalue weighted by Gasteiger charge is 2.45. The zero-order chi connectivity index (χ0) is 21.5. The smallest absolute Gasteiger partial charge is 0.178 e. The van der Waals surface area contributed by atoms with E-state index in [4.69, 9.17) is 16.3 Å². The van der Waals surface area contributed by atoms with Crippen molar-refractivity contribution in [3.8, 4) is 5.75 Å². The zero-order valence-corrected chi connectivity index (χ0v) is 19.6. The van der Waals surface area contributed by atoms with Crippen LogP contribution in [0.4, 0.5) is 11.4 Å². The summed E-state index contributed by atoms with van der Waals surface area (Å²) in [6.07, 6.45) is 1.31. The minimum Gasteiger partial charge on any atom is -0.469 e. The van der Waals surface area contributed by atoms with Crippen molar-refractivity contribution in [1.29, 1.82) is 0 Å². The number of fused-ring (bicyclic) bond motifs is 1. The summed E-state index contributed by atoms with van der Waals surface area (Å²) >= 11 is 6.03. The number of rotatable bonds is 3. The van der Waals surface area contributed by atoms with Gasteiger partial charge in [-0.25, -0.2) is 0 Å². The molecule has 0 bridgehead atoms. The van der Waals surface area contributed by atoms with Crippen LogP contribution in [0.25, 0.3) is 0 Å². The summed E-state index contributed by atoms with van der Waals surface area (Å²) in [4.78, 5) is 4.70. The summed E-state index contributed by atoms with van der Waals surface area (Å²) in [5, 5.41) is 12.0. The van der Waals surface area contributed by atoms with Crippen molar-refractivity contribution in [2.45, 2.75) is 31.1 Å². The maximum absolute atomic E-state index is 11.3. The van der Waals surface area contributed by atoms with Crippen LogP contribution in [-0.4, -0.2) is 35.4 Å². The maximum Gasteiger partial charge on any atom is 0.178 e. The third kappa shape index (κ3) is 4.20. The summed E-state index contributed by atoms with van der Waals surface area (Å²) in [7, 11) is 0. The van der Waals surface area contributed by atoms with E-state index in [1.807, 2.05) is 48.5 Å². The van der Waals surface area contributed by atoms with Crippen molar-refractivity contribution < 1.29 is 9.84 Å². The largest absolute Gasteiger partial charge is 0.469 e. The molecule has 1 N–H and O–H groups in total. The predicted molar refractivity (Wildman–Crippen MR) is 132 cm³/mol. The van der Waals surface area contributed by atoms with E-state index < -0.39 is 11.3 Å². The Morgan fingerprint density at radius 3 is 2.19 bits per heavy atom. The molecule has 1 atom stereocenters. The standard InChI is InChI=1S/C26H27ClN2O2.ClH/c1-25(28-17-15-26(30,16-18-28)20-11-13-21(27)14-12-20)19-29(22-7-3-2-4-8-22)23-9-5-6-10-24(23)31-25;/h2-14,30H,15-19H2,1H3;1H. The van der Waals surface area contributed by atoms with E-state index >= 15 is 0 Å². The fraction of sp³-hybridized carbons (Fsp3) is 0.308. The quantitative estimate of drug-likeness (QED) is 0.509. The summed E-state index contributed by atoms with van der Waals surface area (Å²) in [6, 6.07) is 26.2. The van der Waals surface area contributed by atoms with E-state index in [0.29, 0.717) is 24.4 Å². The maximum atomic E-state index is 11.3. The van der Waals surface area contributed by atoms with Gasteiger partial charge in [-0.1, -0.05) is 54.1 Å². The van der Waals surface area contributed by atoms with Crippen molar-refractivity contribution >= 4 is 35.4 Å². The molecule has 4 nitrogen and oxygen atoms in total. The Kier molecular flexibility index (Phi) is 6.42. The average molecular weight is 471 g/mol. The van der Waals surface area contributed by atoms with E-state index in [9.17, 15) is 5.11 Å². The van der Waals surface area contributed by atoms with Crippen molar-refractivity contribution in [1.82, 2.24) is 4.90 Å². The summed E-state index contributed by atoms with van der Waals surface area (Å²) in [5.74, 6) is 0.888. The second-order valence-electron chi connectivity index (χ2n) is 8.69. The molecule has 3 aromatic rings. The highest BCUT2D eigenvalue weighted by Crippen LogP contribution is 2.44. The van der Waals surface area contributed by atoms with Crippen LogP contribution in [0.5, 0.6) is 5.75 Å². The van der Waals surface area contributed by atoms with Crippen LogP contribution in [-0.2, 0) is 5.60 Å². The summed E-state index contributed by atoms with van der Waals surface area (Å²) in [5.41, 5.74) is 1.84. The Morgan fingerprint density at radius 1 is 0.875 bits per heavy atom. The third-order valence-electron chi connectivity index (χ3n) is 6.65. The molecule has 3 aromatic carbocycles. The number of ether oxygens (including phenoxy) is 1. The molecule has 1 saturated heterocycles. The van der Waals surface area contributed by atoms with Crippen molar-refractivity contribution in [3.05, 3.63) is 89.4 Å². The number of benzene rings is 3. The zero-order valence-electron chi connectivity index (χ0n) is 18.1. The Labute approximate surface area is 200 Å². The summed E-state index contributed by atoms with van der Waals surface area (Å²) in [6.45, 7) is 4.37. The third-order valence-corrected chi connectivity index (χ3v) is 6.90. The van der Waals surface area contributed by atoms with Gasteiger partial charge in [0, 0.05) is 23.8 Å². The molecular formula is C26H28Cl2N2O2. The highest BCUT2D eigenvalue weighted by atomic mass is 35.5. The number of hydrogen-bond acceptors (Lipinski definition) is 4. The Hall–Kier alpha value is -2.24. The fourth-order valence-corrected chi connectivity index (χ4v) is 4.94. The van der Waals surface area contributed by atoms with Crippen LogP contribution in [0, 0.1) is 0 Å².